The zero-order valence-corrected chi connectivity index (χ0v) is 17.1. The highest BCUT2D eigenvalue weighted by molar-refractivity contribution is 5.92. The first-order valence-electron chi connectivity index (χ1n) is 9.18. The Morgan fingerprint density at radius 2 is 1.55 bits per heavy atom. The second-order valence-electron chi connectivity index (χ2n) is 6.47. The maximum absolute atomic E-state index is 11.5. The zero-order chi connectivity index (χ0) is 21.4. The SMILES string of the molecule is COC(=O)c1cccc(O)c1C.COC(=O)c1cccc(OC2CCOC2)c1C. The molecule has 1 fully saturated rings. The molecule has 156 valence electrons. The lowest BCUT2D eigenvalue weighted by molar-refractivity contribution is 0.0590. The fourth-order valence-corrected chi connectivity index (χ4v) is 2.81. The third kappa shape index (κ3) is 5.71. The fourth-order valence-electron chi connectivity index (χ4n) is 2.81. The number of esters is 2. The second-order valence-corrected chi connectivity index (χ2v) is 6.47. The second kappa shape index (κ2) is 10.5. The van der Waals surface area contributed by atoms with Gasteiger partial charge in [-0.1, -0.05) is 12.1 Å². The maximum atomic E-state index is 11.5. The van der Waals surface area contributed by atoms with Gasteiger partial charge in [-0.3, -0.25) is 0 Å². The topological polar surface area (TPSA) is 91.3 Å². The Morgan fingerprint density at radius 3 is 2.10 bits per heavy atom. The molecule has 0 saturated carbocycles. The van der Waals surface area contributed by atoms with Crippen molar-refractivity contribution in [2.24, 2.45) is 0 Å². The molecule has 0 amide bonds. The molecule has 2 aromatic rings. The van der Waals surface area contributed by atoms with E-state index in [-0.39, 0.29) is 17.8 Å². The number of phenolic OH excluding ortho intramolecular Hbond substituents is 1. The molecule has 0 bridgehead atoms. The summed E-state index contributed by atoms with van der Waals surface area (Å²) in [5.74, 6) is 0.0697. The zero-order valence-electron chi connectivity index (χ0n) is 17.1. The van der Waals surface area contributed by atoms with Gasteiger partial charge in [0.25, 0.3) is 0 Å². The summed E-state index contributed by atoms with van der Waals surface area (Å²) < 4.78 is 20.3. The number of carbonyl (C=O) groups excluding carboxylic acids is 2. The van der Waals surface area contributed by atoms with Crippen LogP contribution in [0.5, 0.6) is 11.5 Å². The minimum Gasteiger partial charge on any atom is -0.508 e. The number of rotatable bonds is 4. The van der Waals surface area contributed by atoms with Gasteiger partial charge in [0, 0.05) is 17.5 Å². The summed E-state index contributed by atoms with van der Waals surface area (Å²) in [5, 5.41) is 9.24. The number of methoxy groups -OCH3 is 2. The molecule has 1 aliphatic rings. The Morgan fingerprint density at radius 1 is 0.966 bits per heavy atom. The van der Waals surface area contributed by atoms with Crippen molar-refractivity contribution in [3.05, 3.63) is 58.7 Å². The van der Waals surface area contributed by atoms with E-state index in [9.17, 15) is 14.7 Å². The van der Waals surface area contributed by atoms with E-state index < -0.39 is 5.97 Å². The molecule has 0 spiro atoms. The summed E-state index contributed by atoms with van der Waals surface area (Å²) in [4.78, 5) is 22.6. The number of phenols is 1. The lowest BCUT2D eigenvalue weighted by atomic mass is 10.1. The summed E-state index contributed by atoms with van der Waals surface area (Å²) >= 11 is 0. The van der Waals surface area contributed by atoms with Crippen LogP contribution in [0.15, 0.2) is 36.4 Å². The third-order valence-corrected chi connectivity index (χ3v) is 4.58. The Balaban J connectivity index is 0.000000221. The van der Waals surface area contributed by atoms with Crippen LogP contribution in [-0.4, -0.2) is 50.6 Å². The van der Waals surface area contributed by atoms with Crippen LogP contribution in [0, 0.1) is 13.8 Å². The molecule has 1 heterocycles. The van der Waals surface area contributed by atoms with E-state index in [0.29, 0.717) is 23.3 Å². The van der Waals surface area contributed by atoms with Gasteiger partial charge in [-0.2, -0.15) is 0 Å². The first-order chi connectivity index (χ1) is 13.9. The predicted molar refractivity (Wildman–Crippen MR) is 107 cm³/mol. The molecular formula is C22H26O7. The van der Waals surface area contributed by atoms with Crippen LogP contribution < -0.4 is 4.74 Å². The van der Waals surface area contributed by atoms with Crippen molar-refractivity contribution < 1.29 is 33.6 Å². The monoisotopic (exact) mass is 402 g/mol. The van der Waals surface area contributed by atoms with Gasteiger partial charge in [0.15, 0.2) is 0 Å². The van der Waals surface area contributed by atoms with Crippen molar-refractivity contribution in [1.82, 2.24) is 0 Å². The van der Waals surface area contributed by atoms with Crippen molar-refractivity contribution in [2.45, 2.75) is 26.4 Å². The van der Waals surface area contributed by atoms with E-state index in [1.54, 1.807) is 31.2 Å². The van der Waals surface area contributed by atoms with Gasteiger partial charge in [0.2, 0.25) is 0 Å². The van der Waals surface area contributed by atoms with E-state index in [1.165, 1.54) is 20.3 Å². The molecule has 1 saturated heterocycles. The molecule has 29 heavy (non-hydrogen) atoms. The van der Waals surface area contributed by atoms with Crippen molar-refractivity contribution in [3.63, 3.8) is 0 Å². The molecule has 2 aromatic carbocycles. The van der Waals surface area contributed by atoms with Crippen molar-refractivity contribution in [3.8, 4) is 11.5 Å². The van der Waals surface area contributed by atoms with Gasteiger partial charge in [-0.05, 0) is 38.1 Å². The van der Waals surface area contributed by atoms with E-state index >= 15 is 0 Å². The van der Waals surface area contributed by atoms with Gasteiger partial charge < -0.3 is 24.1 Å². The van der Waals surface area contributed by atoms with Gasteiger partial charge in [-0.25, -0.2) is 9.59 Å². The highest BCUT2D eigenvalue weighted by Crippen LogP contribution is 2.25. The van der Waals surface area contributed by atoms with Gasteiger partial charge >= 0.3 is 11.9 Å². The molecule has 1 unspecified atom stereocenters. The Kier molecular flexibility index (Phi) is 8.03. The fraction of sp³-hybridized carbons (Fsp3) is 0.364. The quantitative estimate of drug-likeness (QED) is 0.784. The first-order valence-corrected chi connectivity index (χ1v) is 9.18. The van der Waals surface area contributed by atoms with E-state index in [0.717, 1.165) is 24.3 Å². The Labute approximate surface area is 170 Å². The highest BCUT2D eigenvalue weighted by atomic mass is 16.5. The van der Waals surface area contributed by atoms with Gasteiger partial charge in [0.05, 0.1) is 38.6 Å². The predicted octanol–water partition coefficient (Wildman–Crippen LogP) is 3.44. The summed E-state index contributed by atoms with van der Waals surface area (Å²) in [6, 6.07) is 10.1. The molecule has 1 aliphatic heterocycles. The number of hydrogen-bond donors (Lipinski definition) is 1. The highest BCUT2D eigenvalue weighted by Gasteiger charge is 2.20. The lowest BCUT2D eigenvalue weighted by Gasteiger charge is -2.15. The van der Waals surface area contributed by atoms with E-state index in [1.807, 2.05) is 13.0 Å². The normalized spacial score (nSPS) is 15.1. The number of carbonyl (C=O) groups is 2. The summed E-state index contributed by atoms with van der Waals surface area (Å²) in [6.07, 6.45) is 0.976. The molecule has 0 aromatic heterocycles. The largest absolute Gasteiger partial charge is 0.508 e. The van der Waals surface area contributed by atoms with Gasteiger partial charge in [-0.15, -0.1) is 0 Å². The standard InChI is InChI=1S/C13H16O4.C9H10O3/c1-9-11(13(14)15-2)4-3-5-12(9)17-10-6-7-16-8-10;1-6-7(9(11)12-2)4-3-5-8(6)10/h3-5,10H,6-8H2,1-2H3;3-5,10H,1-2H3. The van der Waals surface area contributed by atoms with E-state index in [4.69, 9.17) is 14.2 Å². The Bertz CT molecular complexity index is 854. The molecule has 7 nitrogen and oxygen atoms in total. The maximum Gasteiger partial charge on any atom is 0.338 e. The van der Waals surface area contributed by atoms with Gasteiger partial charge in [0.1, 0.15) is 17.6 Å². The third-order valence-electron chi connectivity index (χ3n) is 4.58. The van der Waals surface area contributed by atoms with Crippen molar-refractivity contribution in [1.29, 1.82) is 0 Å². The molecular weight excluding hydrogens is 376 g/mol. The Hall–Kier alpha value is -3.06. The smallest absolute Gasteiger partial charge is 0.338 e. The van der Waals surface area contributed by atoms with Crippen LogP contribution in [0.25, 0.3) is 0 Å². The van der Waals surface area contributed by atoms with Crippen LogP contribution in [0.2, 0.25) is 0 Å². The van der Waals surface area contributed by atoms with E-state index in [2.05, 4.69) is 4.74 Å². The van der Waals surface area contributed by atoms with Crippen LogP contribution in [0.4, 0.5) is 0 Å². The molecule has 1 atom stereocenters. The molecule has 0 aliphatic carbocycles. The molecule has 3 rings (SSSR count). The first kappa shape index (κ1) is 22.2. The molecule has 7 heteroatoms. The minimum atomic E-state index is -0.427. The minimum absolute atomic E-state index is 0.0848. The number of ether oxygens (including phenoxy) is 4. The molecule has 1 N–H and O–H groups in total. The van der Waals surface area contributed by atoms with Crippen LogP contribution in [0.1, 0.15) is 38.3 Å². The van der Waals surface area contributed by atoms with Crippen LogP contribution in [0.3, 0.4) is 0 Å². The summed E-state index contributed by atoms with van der Waals surface area (Å²) in [7, 11) is 2.69. The molecule has 0 radical (unpaired) electrons. The lowest BCUT2D eigenvalue weighted by Crippen LogP contribution is -2.17. The van der Waals surface area contributed by atoms with Crippen LogP contribution >= 0.6 is 0 Å². The van der Waals surface area contributed by atoms with Crippen molar-refractivity contribution >= 4 is 11.9 Å². The number of aromatic hydroxyl groups is 1. The number of hydrogen-bond acceptors (Lipinski definition) is 7. The summed E-state index contributed by atoms with van der Waals surface area (Å²) in [6.45, 7) is 4.88. The number of benzene rings is 2. The average Bonchev–Trinajstić information content (AvgIpc) is 3.24. The average molecular weight is 402 g/mol. The van der Waals surface area contributed by atoms with Crippen LogP contribution in [-0.2, 0) is 14.2 Å². The van der Waals surface area contributed by atoms with Crippen molar-refractivity contribution in [2.75, 3.05) is 27.4 Å². The summed E-state index contributed by atoms with van der Waals surface area (Å²) in [5.41, 5.74) is 2.30.